The van der Waals surface area contributed by atoms with Gasteiger partial charge in [0, 0.05) is 41.3 Å². The molecule has 1 aromatic heterocycles. The summed E-state index contributed by atoms with van der Waals surface area (Å²) in [5, 5.41) is 13.8. The zero-order valence-electron chi connectivity index (χ0n) is 15.0. The largest absolute Gasteiger partial charge is 0.385 e. The minimum Gasteiger partial charge on any atom is -0.385 e. The van der Waals surface area contributed by atoms with Gasteiger partial charge in [0.25, 0.3) is 0 Å². The van der Waals surface area contributed by atoms with E-state index in [1.54, 1.807) is 6.07 Å². The monoisotopic (exact) mass is 400 g/mol. The van der Waals surface area contributed by atoms with Crippen LogP contribution in [-0.2, 0) is 12.1 Å². The predicted octanol–water partition coefficient (Wildman–Crippen LogP) is 5.49. The first-order valence-electron chi connectivity index (χ1n) is 9.53. The number of nitrogens with one attached hydrogen (secondary N) is 1. The maximum atomic E-state index is 11.5. The van der Waals surface area contributed by atoms with Crippen molar-refractivity contribution in [2.75, 3.05) is 0 Å². The van der Waals surface area contributed by atoms with E-state index in [2.05, 4.69) is 40.3 Å². The highest BCUT2D eigenvalue weighted by molar-refractivity contribution is 6.42. The Morgan fingerprint density at radius 3 is 2.56 bits per heavy atom. The fourth-order valence-corrected chi connectivity index (χ4v) is 5.59. The van der Waals surface area contributed by atoms with Crippen molar-refractivity contribution in [3.63, 3.8) is 0 Å². The number of nitrogens with zero attached hydrogens (tertiary/aromatic N) is 1. The van der Waals surface area contributed by atoms with Crippen molar-refractivity contribution in [2.45, 2.75) is 49.9 Å². The summed E-state index contributed by atoms with van der Waals surface area (Å²) in [6.45, 7) is 0.915. The first-order chi connectivity index (χ1) is 13.0. The van der Waals surface area contributed by atoms with Gasteiger partial charge in [0.05, 0.1) is 15.6 Å². The van der Waals surface area contributed by atoms with Gasteiger partial charge in [0.15, 0.2) is 0 Å². The molecule has 2 aliphatic heterocycles. The Kier molecular flexibility index (Phi) is 4.25. The number of fused-ring (bicyclic) bond motifs is 3. The van der Waals surface area contributed by atoms with Crippen LogP contribution in [0.4, 0.5) is 0 Å². The molecule has 0 radical (unpaired) electrons. The summed E-state index contributed by atoms with van der Waals surface area (Å²) in [5.74, 6) is 0. The topological polar surface area (TPSA) is 39.3 Å². The minimum absolute atomic E-state index is 0.359. The van der Waals surface area contributed by atoms with Crippen LogP contribution in [0.3, 0.4) is 0 Å². The molecule has 0 aliphatic carbocycles. The lowest BCUT2D eigenvalue weighted by Gasteiger charge is -2.44. The van der Waals surface area contributed by atoms with Crippen LogP contribution >= 0.6 is 23.2 Å². The summed E-state index contributed by atoms with van der Waals surface area (Å²) in [7, 11) is 0. The number of aromatic nitrogens is 1. The Balaban J connectivity index is 1.43. The third-order valence-corrected chi connectivity index (χ3v) is 7.22. The highest BCUT2D eigenvalue weighted by Crippen LogP contribution is 2.48. The standard InChI is InChI=1S/C22H22Cl2N2O/c23-19-6-3-5-18(21(19)24)22(27)10-15-8-9-16(11-22)26(15)13-14-12-25-20-7-2-1-4-17(14)20/h1-7,12,15-16,25,27H,8-11,13H2. The van der Waals surface area contributed by atoms with Crippen LogP contribution in [0.1, 0.15) is 36.8 Å². The second kappa shape index (κ2) is 6.52. The van der Waals surface area contributed by atoms with E-state index in [0.29, 0.717) is 35.0 Å². The van der Waals surface area contributed by atoms with E-state index in [1.165, 1.54) is 16.5 Å². The molecule has 2 fully saturated rings. The third-order valence-electron chi connectivity index (χ3n) is 6.40. The molecule has 2 unspecified atom stereocenters. The van der Waals surface area contributed by atoms with Gasteiger partial charge in [-0.3, -0.25) is 4.90 Å². The average molecular weight is 401 g/mol. The molecule has 2 atom stereocenters. The minimum atomic E-state index is -0.898. The van der Waals surface area contributed by atoms with Gasteiger partial charge in [0.2, 0.25) is 0 Å². The molecule has 3 aromatic rings. The van der Waals surface area contributed by atoms with E-state index < -0.39 is 5.60 Å². The maximum Gasteiger partial charge on any atom is 0.0941 e. The maximum absolute atomic E-state index is 11.5. The molecule has 2 aromatic carbocycles. The Bertz CT molecular complexity index is 985. The first kappa shape index (κ1) is 17.6. The molecular formula is C22H22Cl2N2O. The fraction of sp³-hybridized carbons (Fsp3) is 0.364. The van der Waals surface area contributed by atoms with Gasteiger partial charge in [-0.25, -0.2) is 0 Å². The second-order valence-electron chi connectivity index (χ2n) is 7.96. The number of piperidine rings is 1. The fourth-order valence-electron chi connectivity index (χ4n) is 5.12. The van der Waals surface area contributed by atoms with Crippen molar-refractivity contribution in [3.05, 3.63) is 69.8 Å². The SMILES string of the molecule is OC1(c2cccc(Cl)c2Cl)CC2CCC(C1)N2Cc1c[nH]c2ccccc12. The smallest absolute Gasteiger partial charge is 0.0941 e. The second-order valence-corrected chi connectivity index (χ2v) is 8.74. The van der Waals surface area contributed by atoms with E-state index >= 15 is 0 Å². The van der Waals surface area contributed by atoms with Gasteiger partial charge in [0.1, 0.15) is 0 Å². The van der Waals surface area contributed by atoms with Gasteiger partial charge in [-0.2, -0.15) is 0 Å². The van der Waals surface area contributed by atoms with Crippen molar-refractivity contribution in [3.8, 4) is 0 Å². The number of hydrogen-bond acceptors (Lipinski definition) is 2. The van der Waals surface area contributed by atoms with Crippen LogP contribution in [0, 0.1) is 0 Å². The number of hydrogen-bond donors (Lipinski definition) is 2. The van der Waals surface area contributed by atoms with Crippen LogP contribution in [0.15, 0.2) is 48.7 Å². The van der Waals surface area contributed by atoms with Crippen molar-refractivity contribution in [2.24, 2.45) is 0 Å². The van der Waals surface area contributed by atoms with Gasteiger partial charge < -0.3 is 10.1 Å². The molecule has 0 saturated carbocycles. The van der Waals surface area contributed by atoms with Gasteiger partial charge in [-0.15, -0.1) is 0 Å². The molecule has 5 heteroatoms. The van der Waals surface area contributed by atoms with Crippen LogP contribution in [0.5, 0.6) is 0 Å². The van der Waals surface area contributed by atoms with Crippen LogP contribution in [-0.4, -0.2) is 27.1 Å². The van der Waals surface area contributed by atoms with Crippen molar-refractivity contribution >= 4 is 34.1 Å². The summed E-state index contributed by atoms with van der Waals surface area (Å²) < 4.78 is 0. The molecular weight excluding hydrogens is 379 g/mol. The van der Waals surface area contributed by atoms with Crippen molar-refractivity contribution in [1.82, 2.24) is 9.88 Å². The Hall–Kier alpha value is -1.52. The summed E-state index contributed by atoms with van der Waals surface area (Å²) in [6, 6.07) is 14.7. The number of aromatic amines is 1. The number of benzene rings is 2. The lowest BCUT2D eigenvalue weighted by molar-refractivity contribution is -0.0593. The quantitative estimate of drug-likeness (QED) is 0.609. The molecule has 140 valence electrons. The Labute approximate surface area is 168 Å². The van der Waals surface area contributed by atoms with Crippen molar-refractivity contribution in [1.29, 1.82) is 0 Å². The molecule has 27 heavy (non-hydrogen) atoms. The molecule has 2 saturated heterocycles. The zero-order chi connectivity index (χ0) is 18.6. The van der Waals surface area contributed by atoms with E-state index in [0.717, 1.165) is 24.9 Å². The zero-order valence-corrected chi connectivity index (χ0v) is 16.5. The van der Waals surface area contributed by atoms with E-state index in [-0.39, 0.29) is 0 Å². The predicted molar refractivity (Wildman–Crippen MR) is 110 cm³/mol. The van der Waals surface area contributed by atoms with Crippen molar-refractivity contribution < 1.29 is 5.11 Å². The Morgan fingerprint density at radius 1 is 1.04 bits per heavy atom. The van der Waals surface area contributed by atoms with E-state index in [4.69, 9.17) is 23.2 Å². The molecule has 2 N–H and O–H groups in total. The summed E-state index contributed by atoms with van der Waals surface area (Å²) in [4.78, 5) is 5.95. The number of H-pyrrole nitrogens is 1. The number of para-hydroxylation sites is 1. The van der Waals surface area contributed by atoms with Crippen LogP contribution in [0.2, 0.25) is 10.0 Å². The molecule has 2 bridgehead atoms. The van der Waals surface area contributed by atoms with E-state index in [9.17, 15) is 5.11 Å². The lowest BCUT2D eigenvalue weighted by Crippen LogP contribution is -2.49. The number of halogens is 2. The van der Waals surface area contributed by atoms with Crippen LogP contribution < -0.4 is 0 Å². The number of aliphatic hydroxyl groups is 1. The molecule has 0 amide bonds. The van der Waals surface area contributed by atoms with Crippen LogP contribution in [0.25, 0.3) is 10.9 Å². The van der Waals surface area contributed by atoms with Gasteiger partial charge in [-0.05, 0) is 43.4 Å². The van der Waals surface area contributed by atoms with Gasteiger partial charge in [-0.1, -0.05) is 53.5 Å². The van der Waals surface area contributed by atoms with Gasteiger partial charge >= 0.3 is 0 Å². The lowest BCUT2D eigenvalue weighted by atomic mass is 9.80. The normalized spacial score (nSPS) is 28.1. The summed E-state index contributed by atoms with van der Waals surface area (Å²) >= 11 is 12.6. The number of rotatable bonds is 3. The average Bonchev–Trinajstić information content (AvgIpc) is 3.17. The molecule has 0 spiro atoms. The first-order valence-corrected chi connectivity index (χ1v) is 10.3. The summed E-state index contributed by atoms with van der Waals surface area (Å²) in [5.41, 5.74) is 2.39. The molecule has 2 aliphatic rings. The summed E-state index contributed by atoms with van der Waals surface area (Å²) in [6.07, 6.45) is 5.76. The molecule has 3 heterocycles. The molecule has 5 rings (SSSR count). The highest BCUT2D eigenvalue weighted by Gasteiger charge is 2.49. The van der Waals surface area contributed by atoms with E-state index in [1.807, 2.05) is 12.1 Å². The highest BCUT2D eigenvalue weighted by atomic mass is 35.5. The Morgan fingerprint density at radius 2 is 1.78 bits per heavy atom. The molecule has 3 nitrogen and oxygen atoms in total. The third kappa shape index (κ3) is 2.89.